The number of cyclic esters (lactones) is 1. The number of hydrogen-bond acceptors (Lipinski definition) is 3. The zero-order chi connectivity index (χ0) is 7.78. The third kappa shape index (κ3) is 1.29. The first-order valence-electron chi connectivity index (χ1n) is 3.31. The third-order valence-corrected chi connectivity index (χ3v) is 1.60. The molecule has 0 aromatic rings. The molecule has 1 atom stereocenters. The predicted octanol–water partition coefficient (Wildman–Crippen LogP) is 0.727. The molecule has 0 amide bonds. The summed E-state index contributed by atoms with van der Waals surface area (Å²) in [6, 6.07) is 0. The van der Waals surface area contributed by atoms with Crippen molar-refractivity contribution >= 4 is 5.97 Å². The standard InChI is InChI=1S/C7H12O3/c1-7(2)4-5(9-3)6(8)10-7/h5H,4H2,1-3H3/t5-/m1/s1. The molecule has 0 N–H and O–H groups in total. The lowest BCUT2D eigenvalue weighted by atomic mass is 10.1. The van der Waals surface area contributed by atoms with Crippen LogP contribution in [0.3, 0.4) is 0 Å². The van der Waals surface area contributed by atoms with Gasteiger partial charge in [0.25, 0.3) is 0 Å². The van der Waals surface area contributed by atoms with Gasteiger partial charge in [-0.3, -0.25) is 0 Å². The Balaban J connectivity index is 2.61. The van der Waals surface area contributed by atoms with Crippen molar-refractivity contribution in [3.63, 3.8) is 0 Å². The summed E-state index contributed by atoms with van der Waals surface area (Å²) in [5.74, 6) is -0.243. The maximum Gasteiger partial charge on any atom is 0.335 e. The molecule has 1 saturated heterocycles. The second kappa shape index (κ2) is 2.23. The number of methoxy groups -OCH3 is 1. The number of esters is 1. The summed E-state index contributed by atoms with van der Waals surface area (Å²) in [6.45, 7) is 3.76. The Labute approximate surface area is 60.3 Å². The number of carbonyl (C=O) groups is 1. The molecule has 0 bridgehead atoms. The monoisotopic (exact) mass is 144 g/mol. The molecule has 10 heavy (non-hydrogen) atoms. The first kappa shape index (κ1) is 7.54. The second-order valence-electron chi connectivity index (χ2n) is 3.11. The van der Waals surface area contributed by atoms with Crippen LogP contribution in [0.5, 0.6) is 0 Å². The van der Waals surface area contributed by atoms with E-state index in [1.54, 1.807) is 0 Å². The molecule has 0 aromatic heterocycles. The van der Waals surface area contributed by atoms with E-state index in [1.165, 1.54) is 7.11 Å². The number of carbonyl (C=O) groups excluding carboxylic acids is 1. The summed E-state index contributed by atoms with van der Waals surface area (Å²) >= 11 is 0. The maximum absolute atomic E-state index is 10.9. The molecule has 1 rings (SSSR count). The van der Waals surface area contributed by atoms with Gasteiger partial charge in [0.15, 0.2) is 6.10 Å². The van der Waals surface area contributed by atoms with Crippen LogP contribution in [0.1, 0.15) is 20.3 Å². The van der Waals surface area contributed by atoms with Crippen molar-refractivity contribution in [3.05, 3.63) is 0 Å². The van der Waals surface area contributed by atoms with Gasteiger partial charge >= 0.3 is 5.97 Å². The minimum absolute atomic E-state index is 0.243. The van der Waals surface area contributed by atoms with E-state index in [0.29, 0.717) is 6.42 Å². The zero-order valence-electron chi connectivity index (χ0n) is 6.51. The highest BCUT2D eigenvalue weighted by Crippen LogP contribution is 2.26. The van der Waals surface area contributed by atoms with E-state index in [4.69, 9.17) is 9.47 Å². The molecule has 3 nitrogen and oxygen atoms in total. The number of ether oxygens (including phenoxy) is 2. The smallest absolute Gasteiger partial charge is 0.335 e. The van der Waals surface area contributed by atoms with Crippen LogP contribution >= 0.6 is 0 Å². The van der Waals surface area contributed by atoms with Crippen LogP contribution in [0.15, 0.2) is 0 Å². The number of hydrogen-bond donors (Lipinski definition) is 0. The Bertz CT molecular complexity index is 151. The molecule has 1 fully saturated rings. The quantitative estimate of drug-likeness (QED) is 0.509. The molecular weight excluding hydrogens is 132 g/mol. The van der Waals surface area contributed by atoms with Crippen molar-refractivity contribution in [2.75, 3.05) is 7.11 Å². The molecule has 1 aliphatic heterocycles. The summed E-state index contributed by atoms with van der Waals surface area (Å²) in [6.07, 6.45) is 0.303. The lowest BCUT2D eigenvalue weighted by Crippen LogP contribution is -2.17. The van der Waals surface area contributed by atoms with Gasteiger partial charge in [0.1, 0.15) is 5.60 Å². The fourth-order valence-corrected chi connectivity index (χ4v) is 1.09. The van der Waals surface area contributed by atoms with Crippen molar-refractivity contribution < 1.29 is 14.3 Å². The van der Waals surface area contributed by atoms with Crippen LogP contribution in [0.4, 0.5) is 0 Å². The van der Waals surface area contributed by atoms with Crippen molar-refractivity contribution in [1.29, 1.82) is 0 Å². The molecule has 0 radical (unpaired) electrons. The van der Waals surface area contributed by atoms with Crippen LogP contribution in [0.25, 0.3) is 0 Å². The van der Waals surface area contributed by atoms with E-state index in [2.05, 4.69) is 0 Å². The van der Waals surface area contributed by atoms with Gasteiger partial charge < -0.3 is 9.47 Å². The fraction of sp³-hybridized carbons (Fsp3) is 0.857. The minimum atomic E-state index is -0.352. The van der Waals surface area contributed by atoms with Crippen molar-refractivity contribution in [3.8, 4) is 0 Å². The lowest BCUT2D eigenvalue weighted by Gasteiger charge is -2.13. The van der Waals surface area contributed by atoms with Crippen molar-refractivity contribution in [2.45, 2.75) is 32.0 Å². The van der Waals surface area contributed by atoms with Gasteiger partial charge in [0.05, 0.1) is 0 Å². The average Bonchev–Trinajstić information content (AvgIpc) is 2.05. The zero-order valence-corrected chi connectivity index (χ0v) is 6.51. The summed E-state index contributed by atoms with van der Waals surface area (Å²) in [5.41, 5.74) is -0.336. The summed E-state index contributed by atoms with van der Waals surface area (Å²) in [4.78, 5) is 10.9. The van der Waals surface area contributed by atoms with Crippen LogP contribution in [0.2, 0.25) is 0 Å². The molecule has 0 saturated carbocycles. The Hall–Kier alpha value is -0.570. The molecule has 58 valence electrons. The molecule has 1 aliphatic rings. The lowest BCUT2D eigenvalue weighted by molar-refractivity contribution is -0.151. The Morgan fingerprint density at radius 3 is 2.50 bits per heavy atom. The van der Waals surface area contributed by atoms with Gasteiger partial charge in [-0.25, -0.2) is 4.79 Å². The highest BCUT2D eigenvalue weighted by molar-refractivity contribution is 5.77. The molecule has 0 spiro atoms. The molecule has 0 aliphatic carbocycles. The van der Waals surface area contributed by atoms with Crippen molar-refractivity contribution in [1.82, 2.24) is 0 Å². The van der Waals surface area contributed by atoms with E-state index < -0.39 is 0 Å². The first-order valence-corrected chi connectivity index (χ1v) is 3.31. The normalized spacial score (nSPS) is 30.3. The average molecular weight is 144 g/mol. The summed E-state index contributed by atoms with van der Waals surface area (Å²) < 4.78 is 9.87. The SMILES string of the molecule is CO[C@@H]1CC(C)(C)OC1=O. The Morgan fingerprint density at radius 1 is 1.70 bits per heavy atom. The van der Waals surface area contributed by atoms with Gasteiger partial charge in [-0.15, -0.1) is 0 Å². The molecule has 1 heterocycles. The van der Waals surface area contributed by atoms with Crippen LogP contribution in [-0.4, -0.2) is 24.8 Å². The van der Waals surface area contributed by atoms with E-state index in [1.807, 2.05) is 13.8 Å². The van der Waals surface area contributed by atoms with Crippen LogP contribution in [0, 0.1) is 0 Å². The van der Waals surface area contributed by atoms with Gasteiger partial charge in [0.2, 0.25) is 0 Å². The van der Waals surface area contributed by atoms with Crippen LogP contribution in [-0.2, 0) is 14.3 Å². The topological polar surface area (TPSA) is 35.5 Å². The van der Waals surface area contributed by atoms with Gasteiger partial charge in [-0.2, -0.15) is 0 Å². The highest BCUT2D eigenvalue weighted by atomic mass is 16.6. The number of rotatable bonds is 1. The first-order chi connectivity index (χ1) is 4.55. The van der Waals surface area contributed by atoms with E-state index >= 15 is 0 Å². The molecule has 3 heteroatoms. The van der Waals surface area contributed by atoms with Crippen molar-refractivity contribution in [2.24, 2.45) is 0 Å². The maximum atomic E-state index is 10.9. The predicted molar refractivity (Wildman–Crippen MR) is 35.6 cm³/mol. The molecule has 0 unspecified atom stereocenters. The fourth-order valence-electron chi connectivity index (χ4n) is 1.09. The van der Waals surface area contributed by atoms with Gasteiger partial charge in [0, 0.05) is 13.5 Å². The van der Waals surface area contributed by atoms with E-state index in [-0.39, 0.29) is 17.7 Å². The van der Waals surface area contributed by atoms with Crippen LogP contribution < -0.4 is 0 Å². The Morgan fingerprint density at radius 2 is 2.30 bits per heavy atom. The highest BCUT2D eigenvalue weighted by Gasteiger charge is 2.39. The largest absolute Gasteiger partial charge is 0.458 e. The van der Waals surface area contributed by atoms with E-state index in [0.717, 1.165) is 0 Å². The minimum Gasteiger partial charge on any atom is -0.458 e. The second-order valence-corrected chi connectivity index (χ2v) is 3.11. The molecular formula is C7H12O3. The third-order valence-electron chi connectivity index (χ3n) is 1.60. The van der Waals surface area contributed by atoms with E-state index in [9.17, 15) is 4.79 Å². The van der Waals surface area contributed by atoms with Gasteiger partial charge in [-0.05, 0) is 13.8 Å². The summed E-state index contributed by atoms with van der Waals surface area (Å²) in [7, 11) is 1.52. The molecule has 0 aromatic carbocycles. The Kier molecular flexibility index (Phi) is 1.68. The summed E-state index contributed by atoms with van der Waals surface area (Å²) in [5, 5.41) is 0. The van der Waals surface area contributed by atoms with Gasteiger partial charge in [-0.1, -0.05) is 0 Å².